The lowest BCUT2D eigenvalue weighted by Gasteiger charge is -2.39. The maximum atomic E-state index is 3.57. The second-order valence-electron chi connectivity index (χ2n) is 7.56. The number of benzene rings is 1. The summed E-state index contributed by atoms with van der Waals surface area (Å²) in [5, 5.41) is 3.57. The van der Waals surface area contributed by atoms with Gasteiger partial charge in [0.1, 0.15) is 0 Å². The van der Waals surface area contributed by atoms with Crippen LogP contribution in [0.5, 0.6) is 0 Å². The molecule has 0 aromatic heterocycles. The van der Waals surface area contributed by atoms with Crippen LogP contribution in [0.25, 0.3) is 0 Å². The van der Waals surface area contributed by atoms with E-state index in [0.717, 1.165) is 11.8 Å². The standard InChI is InChI=1S/C19H31N/c1-19(2,3)17-12-10-16(11-13-17)18(20-4)14-15-8-6-5-7-9-15/h5-9,16-18,20H,10-14H2,1-4H3. The SMILES string of the molecule is CNC(Cc1ccccc1)C1CCC(C(C)(C)C)CC1. The van der Waals surface area contributed by atoms with Crippen LogP contribution in [0.4, 0.5) is 0 Å². The minimum absolute atomic E-state index is 0.486. The molecule has 1 aliphatic carbocycles. The Morgan fingerprint density at radius 2 is 1.65 bits per heavy atom. The molecule has 0 amide bonds. The molecule has 1 heteroatoms. The first-order valence-electron chi connectivity index (χ1n) is 8.22. The van der Waals surface area contributed by atoms with Crippen LogP contribution in [0, 0.1) is 17.3 Å². The van der Waals surface area contributed by atoms with Gasteiger partial charge in [-0.2, -0.15) is 0 Å². The summed E-state index contributed by atoms with van der Waals surface area (Å²) in [5.74, 6) is 1.76. The molecule has 0 aliphatic heterocycles. The Hall–Kier alpha value is -0.820. The molecule has 112 valence electrons. The molecule has 1 atom stereocenters. The zero-order chi connectivity index (χ0) is 14.6. The van der Waals surface area contributed by atoms with Crippen molar-refractivity contribution in [2.24, 2.45) is 17.3 Å². The second kappa shape index (κ2) is 6.76. The third-order valence-corrected chi connectivity index (χ3v) is 5.23. The van der Waals surface area contributed by atoms with Crippen molar-refractivity contribution in [3.63, 3.8) is 0 Å². The minimum atomic E-state index is 0.486. The molecular formula is C19H31N. The van der Waals surface area contributed by atoms with E-state index in [-0.39, 0.29) is 0 Å². The zero-order valence-electron chi connectivity index (χ0n) is 13.7. The van der Waals surface area contributed by atoms with E-state index < -0.39 is 0 Å². The topological polar surface area (TPSA) is 12.0 Å². The third kappa shape index (κ3) is 4.09. The summed E-state index contributed by atoms with van der Waals surface area (Å²) >= 11 is 0. The fourth-order valence-corrected chi connectivity index (χ4v) is 3.76. The molecule has 1 N–H and O–H groups in total. The maximum absolute atomic E-state index is 3.57. The van der Waals surface area contributed by atoms with Crippen LogP contribution in [0.15, 0.2) is 30.3 Å². The minimum Gasteiger partial charge on any atom is -0.316 e. The van der Waals surface area contributed by atoms with Crippen molar-refractivity contribution in [1.29, 1.82) is 0 Å². The Bertz CT molecular complexity index is 382. The lowest BCUT2D eigenvalue weighted by atomic mass is 9.68. The van der Waals surface area contributed by atoms with Gasteiger partial charge in [-0.3, -0.25) is 0 Å². The molecule has 0 bridgehead atoms. The summed E-state index contributed by atoms with van der Waals surface area (Å²) in [6.45, 7) is 7.20. The summed E-state index contributed by atoms with van der Waals surface area (Å²) in [4.78, 5) is 0. The summed E-state index contributed by atoms with van der Waals surface area (Å²) in [6.07, 6.45) is 6.75. The second-order valence-corrected chi connectivity index (χ2v) is 7.56. The quantitative estimate of drug-likeness (QED) is 0.840. The number of likely N-dealkylation sites (N-methyl/N-ethyl adjacent to an activating group) is 1. The van der Waals surface area contributed by atoms with Crippen LogP contribution in [0.3, 0.4) is 0 Å². The van der Waals surface area contributed by atoms with E-state index in [1.54, 1.807) is 0 Å². The molecule has 1 nitrogen and oxygen atoms in total. The zero-order valence-corrected chi connectivity index (χ0v) is 13.7. The molecule has 0 spiro atoms. The summed E-state index contributed by atoms with van der Waals surface area (Å²) in [7, 11) is 2.13. The van der Waals surface area contributed by atoms with E-state index in [0.29, 0.717) is 11.5 Å². The normalized spacial score (nSPS) is 25.4. The predicted octanol–water partition coefficient (Wildman–Crippen LogP) is 4.67. The van der Waals surface area contributed by atoms with Crippen molar-refractivity contribution < 1.29 is 0 Å². The highest BCUT2D eigenvalue weighted by atomic mass is 14.9. The Morgan fingerprint density at radius 1 is 1.05 bits per heavy atom. The molecule has 0 heterocycles. The van der Waals surface area contributed by atoms with Gasteiger partial charge < -0.3 is 5.32 Å². The molecule has 0 radical (unpaired) electrons. The van der Waals surface area contributed by atoms with Crippen molar-refractivity contribution in [2.75, 3.05) is 7.05 Å². The largest absolute Gasteiger partial charge is 0.316 e. The van der Waals surface area contributed by atoms with E-state index in [9.17, 15) is 0 Å². The number of rotatable bonds is 4. The van der Waals surface area contributed by atoms with Gasteiger partial charge in [0, 0.05) is 6.04 Å². The van der Waals surface area contributed by atoms with Crippen molar-refractivity contribution in [2.45, 2.75) is 58.9 Å². The Morgan fingerprint density at radius 3 is 2.15 bits per heavy atom. The highest BCUT2D eigenvalue weighted by molar-refractivity contribution is 5.16. The fourth-order valence-electron chi connectivity index (χ4n) is 3.76. The molecular weight excluding hydrogens is 242 g/mol. The summed E-state index contributed by atoms with van der Waals surface area (Å²) in [6, 6.07) is 11.6. The fraction of sp³-hybridized carbons (Fsp3) is 0.684. The lowest BCUT2D eigenvalue weighted by Crippen LogP contribution is -2.39. The van der Waals surface area contributed by atoms with E-state index >= 15 is 0 Å². The van der Waals surface area contributed by atoms with E-state index in [2.05, 4.69) is 63.5 Å². The van der Waals surface area contributed by atoms with Crippen LogP contribution in [0.1, 0.15) is 52.0 Å². The Labute approximate surface area is 125 Å². The van der Waals surface area contributed by atoms with Gasteiger partial charge in [-0.05, 0) is 62.0 Å². The third-order valence-electron chi connectivity index (χ3n) is 5.23. The number of hydrogen-bond donors (Lipinski definition) is 1. The number of nitrogens with one attached hydrogen (secondary N) is 1. The van der Waals surface area contributed by atoms with Gasteiger partial charge in [0.15, 0.2) is 0 Å². The molecule has 1 aromatic carbocycles. The van der Waals surface area contributed by atoms with E-state index in [1.807, 2.05) is 0 Å². The van der Waals surface area contributed by atoms with Crippen molar-refractivity contribution in [1.82, 2.24) is 5.32 Å². The Balaban J connectivity index is 1.91. The monoisotopic (exact) mass is 273 g/mol. The lowest BCUT2D eigenvalue weighted by molar-refractivity contribution is 0.134. The predicted molar refractivity (Wildman–Crippen MR) is 87.9 cm³/mol. The highest BCUT2D eigenvalue weighted by Gasteiger charge is 2.32. The molecule has 1 saturated carbocycles. The van der Waals surface area contributed by atoms with Crippen molar-refractivity contribution in [3.8, 4) is 0 Å². The summed E-state index contributed by atoms with van der Waals surface area (Å²) < 4.78 is 0. The van der Waals surface area contributed by atoms with Crippen molar-refractivity contribution in [3.05, 3.63) is 35.9 Å². The van der Waals surface area contributed by atoms with E-state index in [4.69, 9.17) is 0 Å². The van der Waals surface area contributed by atoms with Gasteiger partial charge in [-0.25, -0.2) is 0 Å². The van der Waals surface area contributed by atoms with Crippen molar-refractivity contribution >= 4 is 0 Å². The molecule has 20 heavy (non-hydrogen) atoms. The van der Waals surface area contributed by atoms with Gasteiger partial charge in [0.2, 0.25) is 0 Å². The number of hydrogen-bond acceptors (Lipinski definition) is 1. The molecule has 2 rings (SSSR count). The summed E-state index contributed by atoms with van der Waals surface area (Å²) in [5.41, 5.74) is 1.95. The van der Waals surface area contributed by atoms with Crippen LogP contribution < -0.4 is 5.32 Å². The van der Waals surface area contributed by atoms with Gasteiger partial charge in [-0.1, -0.05) is 51.1 Å². The smallest absolute Gasteiger partial charge is 0.0133 e. The van der Waals surface area contributed by atoms with Gasteiger partial charge in [-0.15, -0.1) is 0 Å². The molecule has 1 unspecified atom stereocenters. The van der Waals surface area contributed by atoms with E-state index in [1.165, 1.54) is 37.7 Å². The van der Waals surface area contributed by atoms with Gasteiger partial charge in [0.25, 0.3) is 0 Å². The first-order chi connectivity index (χ1) is 9.50. The maximum Gasteiger partial charge on any atom is 0.0133 e. The van der Waals surface area contributed by atoms with Crippen LogP contribution in [-0.4, -0.2) is 13.1 Å². The highest BCUT2D eigenvalue weighted by Crippen LogP contribution is 2.40. The Kier molecular flexibility index (Phi) is 5.26. The molecule has 1 aromatic rings. The van der Waals surface area contributed by atoms with Crippen LogP contribution in [0.2, 0.25) is 0 Å². The molecule has 0 saturated heterocycles. The average Bonchev–Trinajstić information content (AvgIpc) is 2.45. The van der Waals surface area contributed by atoms with Gasteiger partial charge >= 0.3 is 0 Å². The van der Waals surface area contributed by atoms with Crippen LogP contribution >= 0.6 is 0 Å². The van der Waals surface area contributed by atoms with Gasteiger partial charge in [0.05, 0.1) is 0 Å². The average molecular weight is 273 g/mol. The molecule has 1 aliphatic rings. The molecule has 1 fully saturated rings. The first kappa shape index (κ1) is 15.6. The first-order valence-corrected chi connectivity index (χ1v) is 8.22. The van der Waals surface area contributed by atoms with Crippen LogP contribution in [-0.2, 0) is 6.42 Å².